The van der Waals surface area contributed by atoms with Crippen LogP contribution in [-0.2, 0) is 19.1 Å². The number of carbonyl (C=O) groups is 3. The van der Waals surface area contributed by atoms with Crippen molar-refractivity contribution < 1.29 is 24.2 Å². The van der Waals surface area contributed by atoms with Gasteiger partial charge in [0.2, 0.25) is 11.8 Å². The molecule has 2 aromatic rings. The molecule has 0 saturated carbocycles. The molecular weight excluding hydrogens is 542 g/mol. The molecule has 0 aliphatic carbocycles. The van der Waals surface area contributed by atoms with Gasteiger partial charge in [-0.05, 0) is 61.4 Å². The van der Waals surface area contributed by atoms with Crippen LogP contribution in [0.1, 0.15) is 46.5 Å². The van der Waals surface area contributed by atoms with E-state index in [2.05, 4.69) is 20.1 Å². The fourth-order valence-corrected chi connectivity index (χ4v) is 7.89. The van der Waals surface area contributed by atoms with Crippen LogP contribution in [0.4, 0.5) is 5.69 Å². The first-order valence-corrected chi connectivity index (χ1v) is 15.6. The Morgan fingerprint density at radius 2 is 1.81 bits per heavy atom. The van der Waals surface area contributed by atoms with E-state index < -0.39 is 29.1 Å². The van der Waals surface area contributed by atoms with Crippen LogP contribution >= 0.6 is 0 Å². The van der Waals surface area contributed by atoms with Crippen LogP contribution in [0.2, 0.25) is 0 Å². The minimum Gasteiger partial charge on any atom is -0.396 e. The van der Waals surface area contributed by atoms with Crippen LogP contribution in [0.25, 0.3) is 10.8 Å². The van der Waals surface area contributed by atoms with Crippen molar-refractivity contribution in [3.05, 3.63) is 67.8 Å². The average molecular weight is 588 g/mol. The van der Waals surface area contributed by atoms with Gasteiger partial charge in [-0.25, -0.2) is 0 Å². The predicted molar refractivity (Wildman–Crippen MR) is 168 cm³/mol. The van der Waals surface area contributed by atoms with Crippen molar-refractivity contribution >= 4 is 34.2 Å². The first kappa shape index (κ1) is 31.0. The number of anilines is 1. The molecule has 43 heavy (non-hydrogen) atoms. The van der Waals surface area contributed by atoms with Crippen molar-refractivity contribution in [2.24, 2.45) is 17.8 Å². The standard InChI is InChI=1S/C35H45N3O5/c1-6-17-36(18-7-2)31(40)28-29-32(41)38(20-11-12-21-39)30(35(29)23-24(4)34(28,5)43-35)33(42)37(19-8-3)27-16-15-25-13-9-10-14-26(25)22-27/h6,8-10,13-16,22,24,28-30,39H,1,3,7,11-12,17-21,23H2,2,4-5H3/t24?,28-,29-,30?,34+,35?/m0/s1. The summed E-state index contributed by atoms with van der Waals surface area (Å²) in [5.41, 5.74) is -1.30. The van der Waals surface area contributed by atoms with Crippen molar-refractivity contribution in [3.8, 4) is 0 Å². The molecule has 5 rings (SSSR count). The minimum atomic E-state index is -1.13. The van der Waals surface area contributed by atoms with E-state index in [0.29, 0.717) is 44.6 Å². The molecule has 0 radical (unpaired) electrons. The van der Waals surface area contributed by atoms with Crippen LogP contribution in [0, 0.1) is 17.8 Å². The third-order valence-corrected chi connectivity index (χ3v) is 9.90. The summed E-state index contributed by atoms with van der Waals surface area (Å²) in [4.78, 5) is 48.7. The number of hydrogen-bond donors (Lipinski definition) is 1. The van der Waals surface area contributed by atoms with E-state index >= 15 is 0 Å². The molecule has 8 heteroatoms. The largest absolute Gasteiger partial charge is 0.396 e. The highest BCUT2D eigenvalue weighted by Gasteiger charge is 2.80. The number of nitrogens with zero attached hydrogens (tertiary/aromatic N) is 3. The second-order valence-electron chi connectivity index (χ2n) is 12.5. The maximum atomic E-state index is 14.9. The van der Waals surface area contributed by atoms with Crippen molar-refractivity contribution in [2.45, 2.75) is 63.7 Å². The highest BCUT2D eigenvalue weighted by molar-refractivity contribution is 6.06. The van der Waals surface area contributed by atoms with E-state index in [-0.39, 0.29) is 36.8 Å². The zero-order chi connectivity index (χ0) is 30.9. The third kappa shape index (κ3) is 4.98. The smallest absolute Gasteiger partial charge is 0.253 e. The minimum absolute atomic E-state index is 0.00482. The summed E-state index contributed by atoms with van der Waals surface area (Å²) in [6.07, 6.45) is 5.73. The highest BCUT2D eigenvalue weighted by atomic mass is 16.5. The molecule has 2 aromatic carbocycles. The Bertz CT molecular complexity index is 1410. The van der Waals surface area contributed by atoms with Gasteiger partial charge in [0.15, 0.2) is 0 Å². The molecule has 3 heterocycles. The van der Waals surface area contributed by atoms with Crippen LogP contribution < -0.4 is 4.90 Å². The zero-order valence-corrected chi connectivity index (χ0v) is 25.7. The van der Waals surface area contributed by atoms with E-state index in [0.717, 1.165) is 17.2 Å². The number of hydrogen-bond acceptors (Lipinski definition) is 5. The SMILES string of the molecule is C=CCN(CCC)C(=O)[C@@H]1[C@H]2C(=O)N(CCCCO)C(C(=O)N(CC=C)c3ccc4ccccc4c3)C23CC(C)[C@@]1(C)O3. The lowest BCUT2D eigenvalue weighted by Crippen LogP contribution is -2.57. The van der Waals surface area contributed by atoms with Gasteiger partial charge in [0.1, 0.15) is 11.6 Å². The van der Waals surface area contributed by atoms with Crippen LogP contribution in [0.5, 0.6) is 0 Å². The molecule has 1 N–H and O–H groups in total. The molecular formula is C35H45N3O5. The molecule has 0 aromatic heterocycles. The Hall–Kier alpha value is -3.49. The number of unbranched alkanes of at least 4 members (excludes halogenated alkanes) is 1. The Balaban J connectivity index is 1.60. The van der Waals surface area contributed by atoms with Crippen molar-refractivity contribution in [3.63, 3.8) is 0 Å². The second kappa shape index (κ2) is 12.2. The summed E-state index contributed by atoms with van der Waals surface area (Å²) in [6.45, 7) is 15.3. The molecule has 6 atom stereocenters. The Kier molecular flexibility index (Phi) is 8.82. The number of fused-ring (bicyclic) bond motifs is 2. The van der Waals surface area contributed by atoms with Gasteiger partial charge in [-0.3, -0.25) is 14.4 Å². The molecule has 3 fully saturated rings. The number of carbonyl (C=O) groups excluding carboxylic acids is 3. The van der Waals surface area contributed by atoms with Crippen LogP contribution in [-0.4, -0.2) is 82.7 Å². The number of amides is 3. The molecule has 3 aliphatic rings. The molecule has 1 spiro atoms. The normalized spacial score (nSPS) is 29.1. The van der Waals surface area contributed by atoms with Gasteiger partial charge in [-0.1, -0.05) is 56.3 Å². The first-order valence-electron chi connectivity index (χ1n) is 15.6. The van der Waals surface area contributed by atoms with Crippen LogP contribution in [0.15, 0.2) is 67.8 Å². The van der Waals surface area contributed by atoms with E-state index in [9.17, 15) is 19.5 Å². The summed E-state index contributed by atoms with van der Waals surface area (Å²) in [5, 5.41) is 11.6. The lowest BCUT2D eigenvalue weighted by Gasteiger charge is -2.39. The van der Waals surface area contributed by atoms with E-state index in [1.807, 2.05) is 56.3 Å². The Morgan fingerprint density at radius 3 is 2.49 bits per heavy atom. The highest BCUT2D eigenvalue weighted by Crippen LogP contribution is 2.65. The van der Waals surface area contributed by atoms with Crippen LogP contribution in [0.3, 0.4) is 0 Å². The number of ether oxygens (including phenoxy) is 1. The van der Waals surface area contributed by atoms with Gasteiger partial charge in [0.25, 0.3) is 5.91 Å². The summed E-state index contributed by atoms with van der Waals surface area (Å²) in [5.74, 6) is -2.08. The molecule has 3 saturated heterocycles. The molecule has 2 bridgehead atoms. The Labute approximate surface area is 255 Å². The van der Waals surface area contributed by atoms with Gasteiger partial charge in [-0.2, -0.15) is 0 Å². The van der Waals surface area contributed by atoms with E-state index in [1.54, 1.807) is 26.9 Å². The summed E-state index contributed by atoms with van der Waals surface area (Å²) in [7, 11) is 0. The predicted octanol–water partition coefficient (Wildman–Crippen LogP) is 4.57. The van der Waals surface area contributed by atoms with E-state index in [1.165, 1.54) is 0 Å². The monoisotopic (exact) mass is 587 g/mol. The molecule has 8 nitrogen and oxygen atoms in total. The number of rotatable bonds is 13. The number of aliphatic hydroxyl groups is 1. The average Bonchev–Trinajstić information content (AvgIpc) is 3.51. The summed E-state index contributed by atoms with van der Waals surface area (Å²) in [6, 6.07) is 13.0. The maximum absolute atomic E-state index is 14.9. The summed E-state index contributed by atoms with van der Waals surface area (Å²) < 4.78 is 6.94. The molecule has 3 unspecified atom stereocenters. The number of benzene rings is 2. The summed E-state index contributed by atoms with van der Waals surface area (Å²) >= 11 is 0. The Morgan fingerprint density at radius 1 is 1.09 bits per heavy atom. The lowest BCUT2D eigenvalue weighted by molar-refractivity contribution is -0.151. The van der Waals surface area contributed by atoms with Gasteiger partial charge < -0.3 is 24.5 Å². The molecule has 3 amide bonds. The quantitative estimate of drug-likeness (QED) is 0.274. The lowest BCUT2D eigenvalue weighted by atomic mass is 9.62. The fourth-order valence-electron chi connectivity index (χ4n) is 7.89. The fraction of sp³-hybridized carbons (Fsp3) is 0.514. The van der Waals surface area contributed by atoms with Crippen molar-refractivity contribution in [2.75, 3.05) is 37.7 Å². The zero-order valence-electron chi connectivity index (χ0n) is 25.7. The third-order valence-electron chi connectivity index (χ3n) is 9.90. The maximum Gasteiger partial charge on any atom is 0.253 e. The molecule has 230 valence electrons. The van der Waals surface area contributed by atoms with Gasteiger partial charge in [-0.15, -0.1) is 13.2 Å². The molecule has 3 aliphatic heterocycles. The first-order chi connectivity index (χ1) is 20.7. The van der Waals surface area contributed by atoms with Crippen molar-refractivity contribution in [1.29, 1.82) is 0 Å². The van der Waals surface area contributed by atoms with Gasteiger partial charge >= 0.3 is 0 Å². The topological polar surface area (TPSA) is 90.4 Å². The van der Waals surface area contributed by atoms with Crippen molar-refractivity contribution in [1.82, 2.24) is 9.80 Å². The van der Waals surface area contributed by atoms with E-state index in [4.69, 9.17) is 4.74 Å². The van der Waals surface area contributed by atoms with Gasteiger partial charge in [0.05, 0.1) is 17.4 Å². The second-order valence-corrected chi connectivity index (χ2v) is 12.5. The number of likely N-dealkylation sites (tertiary alicyclic amines) is 1. The number of aliphatic hydroxyl groups excluding tert-OH is 1. The van der Waals surface area contributed by atoms with Gasteiger partial charge in [0, 0.05) is 38.5 Å².